The summed E-state index contributed by atoms with van der Waals surface area (Å²) in [5, 5.41) is 4.52. The van der Waals surface area contributed by atoms with Gasteiger partial charge < -0.3 is 15.1 Å². The maximum atomic E-state index is 5.94. The summed E-state index contributed by atoms with van der Waals surface area (Å²) < 4.78 is 0. The van der Waals surface area contributed by atoms with Crippen molar-refractivity contribution in [2.75, 3.05) is 11.9 Å². The number of hydrogen-bond acceptors (Lipinski definition) is 3. The van der Waals surface area contributed by atoms with Crippen molar-refractivity contribution in [3.8, 4) is 0 Å². The van der Waals surface area contributed by atoms with E-state index in [0.717, 1.165) is 10.8 Å². The number of thiocarbonyl (C=S) groups is 1. The molecule has 0 bridgehead atoms. The molecule has 1 N–H and O–H groups in total. The zero-order chi connectivity index (χ0) is 22.5. The third-order valence-electron chi connectivity index (χ3n) is 7.69. The van der Waals surface area contributed by atoms with Crippen LogP contribution in [0, 0.1) is 0 Å². The molecule has 2 fully saturated rings. The number of hydrogen-bond donors (Lipinski definition) is 1. The molecule has 0 radical (unpaired) electrons. The van der Waals surface area contributed by atoms with E-state index in [9.17, 15) is 0 Å². The molecule has 0 unspecified atom stereocenters. The highest BCUT2D eigenvalue weighted by Gasteiger charge is 2.43. The van der Waals surface area contributed by atoms with Gasteiger partial charge in [0.2, 0.25) is 0 Å². The summed E-state index contributed by atoms with van der Waals surface area (Å²) in [4.78, 5) is 9.60. The van der Waals surface area contributed by atoms with Gasteiger partial charge in [-0.2, -0.15) is 0 Å². The Morgan fingerprint density at radius 2 is 1.88 bits per heavy atom. The first-order valence-corrected chi connectivity index (χ1v) is 12.3. The number of aromatic nitrogens is 1. The summed E-state index contributed by atoms with van der Waals surface area (Å²) in [6.45, 7) is 6.78. The lowest BCUT2D eigenvalue weighted by atomic mass is 9.86. The highest BCUT2D eigenvalue weighted by Crippen LogP contribution is 2.45. The predicted octanol–water partition coefficient (Wildman–Crippen LogP) is 6.02. The van der Waals surface area contributed by atoms with Crippen molar-refractivity contribution in [1.82, 2.24) is 15.2 Å². The molecular formula is C27H34N4S. The van der Waals surface area contributed by atoms with Crippen molar-refractivity contribution in [1.29, 1.82) is 0 Å². The summed E-state index contributed by atoms with van der Waals surface area (Å²) in [5.41, 5.74) is 6.35. The SMILES string of the molecule is CC1=CC(C)(C)N(C)c2ccc([C@H]3[C@@H](c4ccccn4)NC(=S)N3C3CCCCC3)cc21. The minimum absolute atomic E-state index is 0.0136. The van der Waals surface area contributed by atoms with Crippen molar-refractivity contribution in [2.24, 2.45) is 0 Å². The zero-order valence-electron chi connectivity index (χ0n) is 19.6. The van der Waals surface area contributed by atoms with E-state index < -0.39 is 0 Å². The second kappa shape index (κ2) is 8.18. The van der Waals surface area contributed by atoms with E-state index >= 15 is 0 Å². The summed E-state index contributed by atoms with van der Waals surface area (Å²) in [6.07, 6.45) is 10.6. The first kappa shape index (κ1) is 21.4. The Labute approximate surface area is 197 Å². The summed E-state index contributed by atoms with van der Waals surface area (Å²) >= 11 is 5.94. The molecule has 3 aliphatic rings. The predicted molar refractivity (Wildman–Crippen MR) is 137 cm³/mol. The van der Waals surface area contributed by atoms with Crippen LogP contribution in [0.15, 0.2) is 48.7 Å². The number of likely N-dealkylation sites (N-methyl/N-ethyl adjacent to an activating group) is 1. The number of allylic oxidation sites excluding steroid dienone is 1. The molecule has 5 heteroatoms. The van der Waals surface area contributed by atoms with Crippen LogP contribution in [0.5, 0.6) is 0 Å². The highest BCUT2D eigenvalue weighted by molar-refractivity contribution is 7.80. The van der Waals surface area contributed by atoms with Gasteiger partial charge >= 0.3 is 0 Å². The largest absolute Gasteiger partial charge is 0.366 e. The molecule has 1 aliphatic carbocycles. The Morgan fingerprint density at radius 1 is 1.09 bits per heavy atom. The van der Waals surface area contributed by atoms with Crippen LogP contribution in [0.2, 0.25) is 0 Å². The van der Waals surface area contributed by atoms with E-state index in [-0.39, 0.29) is 17.6 Å². The van der Waals surface area contributed by atoms with Crippen LogP contribution in [-0.2, 0) is 0 Å². The molecule has 1 saturated heterocycles. The molecule has 2 aromatic rings. The summed E-state index contributed by atoms with van der Waals surface area (Å²) in [7, 11) is 2.19. The summed E-state index contributed by atoms with van der Waals surface area (Å²) in [5.74, 6) is 0. The Morgan fingerprint density at radius 3 is 2.59 bits per heavy atom. The second-order valence-corrected chi connectivity index (χ2v) is 10.5. The van der Waals surface area contributed by atoms with Crippen molar-refractivity contribution in [3.05, 3.63) is 65.5 Å². The number of nitrogens with zero attached hydrogens (tertiary/aromatic N) is 3. The topological polar surface area (TPSA) is 31.4 Å². The van der Waals surface area contributed by atoms with E-state index in [1.807, 2.05) is 12.3 Å². The Kier molecular flexibility index (Phi) is 5.48. The molecule has 2 aliphatic heterocycles. The number of benzene rings is 1. The second-order valence-electron chi connectivity index (χ2n) is 10.1. The number of anilines is 1. The van der Waals surface area contributed by atoms with E-state index in [2.05, 4.69) is 79.3 Å². The van der Waals surface area contributed by atoms with Gasteiger partial charge in [0, 0.05) is 30.5 Å². The van der Waals surface area contributed by atoms with Gasteiger partial charge in [0.25, 0.3) is 0 Å². The monoisotopic (exact) mass is 446 g/mol. The van der Waals surface area contributed by atoms with Gasteiger partial charge in [0.1, 0.15) is 0 Å². The van der Waals surface area contributed by atoms with Gasteiger partial charge in [-0.1, -0.05) is 37.5 Å². The molecule has 1 saturated carbocycles. The van der Waals surface area contributed by atoms with Crippen LogP contribution in [0.3, 0.4) is 0 Å². The molecule has 168 valence electrons. The maximum absolute atomic E-state index is 5.94. The quantitative estimate of drug-likeness (QED) is 0.583. The lowest BCUT2D eigenvalue weighted by Gasteiger charge is -2.41. The van der Waals surface area contributed by atoms with Gasteiger partial charge in [0.05, 0.1) is 23.3 Å². The summed E-state index contributed by atoms with van der Waals surface area (Å²) in [6, 6.07) is 13.9. The molecule has 1 aromatic heterocycles. The van der Waals surface area contributed by atoms with Crippen molar-refractivity contribution in [2.45, 2.75) is 76.5 Å². The van der Waals surface area contributed by atoms with Crippen LogP contribution in [-0.4, -0.2) is 33.6 Å². The van der Waals surface area contributed by atoms with Crippen LogP contribution in [0.4, 0.5) is 5.69 Å². The van der Waals surface area contributed by atoms with Gasteiger partial charge in [-0.25, -0.2) is 0 Å². The molecule has 32 heavy (non-hydrogen) atoms. The fourth-order valence-corrected chi connectivity index (χ4v) is 6.22. The molecule has 5 rings (SSSR count). The average Bonchev–Trinajstić information content (AvgIpc) is 3.15. The Balaban J connectivity index is 1.60. The number of fused-ring (bicyclic) bond motifs is 1. The first-order chi connectivity index (χ1) is 15.4. The number of rotatable bonds is 3. The fraction of sp³-hybridized carbons (Fsp3) is 0.481. The molecule has 1 aromatic carbocycles. The van der Waals surface area contributed by atoms with E-state index in [1.165, 1.54) is 54.5 Å². The third-order valence-corrected chi connectivity index (χ3v) is 8.01. The van der Waals surface area contributed by atoms with E-state index in [0.29, 0.717) is 6.04 Å². The van der Waals surface area contributed by atoms with Crippen molar-refractivity contribution in [3.63, 3.8) is 0 Å². The molecular weight excluding hydrogens is 412 g/mol. The maximum Gasteiger partial charge on any atom is 0.170 e. The zero-order valence-corrected chi connectivity index (χ0v) is 20.5. The lowest BCUT2D eigenvalue weighted by molar-refractivity contribution is 0.197. The standard InChI is InChI=1S/C27H34N4S/c1-18-17-27(2,3)30(4)23-14-13-19(16-21(18)23)25-24(22-12-8-9-15-28-22)29-26(32)31(25)20-10-6-5-7-11-20/h8-9,12-17,20,24-25H,5-7,10-11H2,1-4H3,(H,29,32)/t24-,25+/m1/s1. The van der Waals surface area contributed by atoms with Crippen LogP contribution < -0.4 is 10.2 Å². The first-order valence-electron chi connectivity index (χ1n) is 11.9. The van der Waals surface area contributed by atoms with Gasteiger partial charge in [-0.3, -0.25) is 4.98 Å². The molecule has 3 heterocycles. The van der Waals surface area contributed by atoms with Crippen molar-refractivity contribution >= 4 is 28.6 Å². The molecule has 4 nitrogen and oxygen atoms in total. The Hall–Kier alpha value is -2.40. The normalized spacial score (nSPS) is 25.4. The van der Waals surface area contributed by atoms with Crippen molar-refractivity contribution < 1.29 is 0 Å². The van der Waals surface area contributed by atoms with E-state index in [4.69, 9.17) is 17.2 Å². The van der Waals surface area contributed by atoms with E-state index in [1.54, 1.807) is 0 Å². The van der Waals surface area contributed by atoms with Gasteiger partial charge in [-0.05, 0) is 81.2 Å². The number of nitrogens with one attached hydrogen (secondary N) is 1. The van der Waals surface area contributed by atoms with Gasteiger partial charge in [0.15, 0.2) is 5.11 Å². The smallest absolute Gasteiger partial charge is 0.170 e. The van der Waals surface area contributed by atoms with Crippen LogP contribution >= 0.6 is 12.2 Å². The lowest BCUT2D eigenvalue weighted by Crippen LogP contribution is -2.42. The molecule has 0 amide bonds. The third kappa shape index (κ3) is 3.61. The van der Waals surface area contributed by atoms with Gasteiger partial charge in [-0.15, -0.1) is 0 Å². The minimum Gasteiger partial charge on any atom is -0.366 e. The number of pyridine rings is 1. The molecule has 0 spiro atoms. The highest BCUT2D eigenvalue weighted by atomic mass is 32.1. The fourth-order valence-electron chi connectivity index (χ4n) is 5.84. The van der Waals surface area contributed by atoms with Crippen LogP contribution in [0.25, 0.3) is 5.57 Å². The Bertz CT molecular complexity index is 1040. The average molecular weight is 447 g/mol. The minimum atomic E-state index is 0.0136. The van der Waals surface area contributed by atoms with Crippen LogP contribution in [0.1, 0.15) is 81.8 Å². The molecule has 2 atom stereocenters.